The minimum absolute atomic E-state index is 0.0218. The van der Waals surface area contributed by atoms with Crippen molar-refractivity contribution in [2.75, 3.05) is 37.7 Å². The molecule has 0 aromatic heterocycles. The van der Waals surface area contributed by atoms with Crippen LogP contribution in [0.3, 0.4) is 0 Å². The molecule has 39 heavy (non-hydrogen) atoms. The third kappa shape index (κ3) is 6.54. The van der Waals surface area contributed by atoms with Gasteiger partial charge in [0.15, 0.2) is 0 Å². The minimum Gasteiger partial charge on any atom is -0.481 e. The predicted octanol–water partition coefficient (Wildman–Crippen LogP) is 4.45. The van der Waals surface area contributed by atoms with Gasteiger partial charge in [-0.05, 0) is 42.5 Å². The summed E-state index contributed by atoms with van der Waals surface area (Å²) in [4.78, 5) is 28.0. The molecule has 4 rings (SSSR count). The van der Waals surface area contributed by atoms with E-state index in [0.29, 0.717) is 32.5 Å². The fourth-order valence-corrected chi connectivity index (χ4v) is 5.53. The largest absolute Gasteiger partial charge is 0.481 e. The van der Waals surface area contributed by atoms with Crippen molar-refractivity contribution in [3.05, 3.63) is 102 Å². The maximum absolute atomic E-state index is 12.7. The van der Waals surface area contributed by atoms with Crippen LogP contribution in [-0.2, 0) is 15.0 Å². The summed E-state index contributed by atoms with van der Waals surface area (Å²) in [6.07, 6.45) is 3.01. The summed E-state index contributed by atoms with van der Waals surface area (Å²) in [5, 5.41) is 22.7. The molecule has 0 spiro atoms. The molecule has 3 aromatic carbocycles. The van der Waals surface area contributed by atoms with Crippen molar-refractivity contribution in [3.63, 3.8) is 0 Å². The molecule has 0 unspecified atom stereocenters. The van der Waals surface area contributed by atoms with Crippen molar-refractivity contribution in [1.29, 1.82) is 5.26 Å². The molecule has 202 valence electrons. The van der Waals surface area contributed by atoms with Crippen LogP contribution in [0.5, 0.6) is 0 Å². The average Bonchev–Trinajstić information content (AvgIpc) is 2.99. The Morgan fingerprint density at radius 2 is 1.51 bits per heavy atom. The van der Waals surface area contributed by atoms with Gasteiger partial charge >= 0.3 is 5.97 Å². The second-order valence-corrected chi connectivity index (χ2v) is 10.1. The number of nitrogens with zero attached hydrogens (tertiary/aromatic N) is 3. The summed E-state index contributed by atoms with van der Waals surface area (Å²) in [5.41, 5.74) is 1.45. The summed E-state index contributed by atoms with van der Waals surface area (Å²) in [7, 11) is 0. The third-order valence-electron chi connectivity index (χ3n) is 7.86. The second kappa shape index (κ2) is 13.2. The molecule has 2 N–H and O–H groups in total. The van der Waals surface area contributed by atoms with Gasteiger partial charge < -0.3 is 19.7 Å². The number of carbonyl (C=O) groups is 2. The Hall–Kier alpha value is -3.99. The Balaban J connectivity index is 1.48. The Kier molecular flexibility index (Phi) is 9.48. The van der Waals surface area contributed by atoms with E-state index >= 15 is 0 Å². The van der Waals surface area contributed by atoms with Gasteiger partial charge in [-0.2, -0.15) is 5.26 Å². The van der Waals surface area contributed by atoms with Gasteiger partial charge in [-0.25, -0.2) is 0 Å². The number of hydrogen-bond donors (Lipinski definition) is 2. The molecule has 1 saturated heterocycles. The first-order chi connectivity index (χ1) is 19.0. The Labute approximate surface area is 230 Å². The molecule has 1 fully saturated rings. The zero-order valence-corrected chi connectivity index (χ0v) is 22.2. The SMILES string of the molecule is N#CC(CCN1CCC(C=O)(N(CNCCC(=O)O)c2ccccc2)CC1)(c1ccccc1)c1ccccc1. The number of aliphatic carboxylic acids is 1. The number of nitrogens with one attached hydrogen (secondary N) is 1. The zero-order chi connectivity index (χ0) is 27.6. The van der Waals surface area contributed by atoms with Crippen LogP contribution in [-0.4, -0.2) is 60.6 Å². The Morgan fingerprint density at radius 1 is 0.974 bits per heavy atom. The van der Waals surface area contributed by atoms with Crippen molar-refractivity contribution in [1.82, 2.24) is 10.2 Å². The molecule has 0 amide bonds. The molecule has 7 heteroatoms. The lowest BCUT2D eigenvalue weighted by molar-refractivity contribution is -0.136. The van der Waals surface area contributed by atoms with E-state index in [1.165, 1.54) is 0 Å². The highest BCUT2D eigenvalue weighted by molar-refractivity contribution is 5.72. The first-order valence-corrected chi connectivity index (χ1v) is 13.5. The van der Waals surface area contributed by atoms with Gasteiger partial charge in [0.2, 0.25) is 0 Å². The van der Waals surface area contributed by atoms with Crippen molar-refractivity contribution in [2.45, 2.75) is 36.6 Å². The summed E-state index contributed by atoms with van der Waals surface area (Å²) in [5.74, 6) is -0.855. The molecule has 0 saturated carbocycles. The van der Waals surface area contributed by atoms with Crippen LogP contribution in [0.25, 0.3) is 0 Å². The number of nitriles is 1. The maximum atomic E-state index is 12.7. The maximum Gasteiger partial charge on any atom is 0.304 e. The van der Waals surface area contributed by atoms with Gasteiger partial charge in [0.05, 0.1) is 24.7 Å². The molecule has 0 bridgehead atoms. The normalized spacial score (nSPS) is 15.3. The van der Waals surface area contributed by atoms with Crippen LogP contribution in [0.15, 0.2) is 91.0 Å². The highest BCUT2D eigenvalue weighted by Gasteiger charge is 2.41. The van der Waals surface area contributed by atoms with Gasteiger partial charge in [-0.1, -0.05) is 78.9 Å². The third-order valence-corrected chi connectivity index (χ3v) is 7.86. The van der Waals surface area contributed by atoms with Crippen LogP contribution in [0.2, 0.25) is 0 Å². The number of carboxylic acid groups (broad SMARTS) is 1. The summed E-state index contributed by atoms with van der Waals surface area (Å²) < 4.78 is 0. The van der Waals surface area contributed by atoms with Gasteiger partial charge in [0, 0.05) is 31.9 Å². The molecular formula is C32H36N4O3. The van der Waals surface area contributed by atoms with E-state index in [4.69, 9.17) is 5.11 Å². The second-order valence-electron chi connectivity index (χ2n) is 10.1. The van der Waals surface area contributed by atoms with E-state index in [1.54, 1.807) is 0 Å². The molecular weight excluding hydrogens is 488 g/mol. The summed E-state index contributed by atoms with van der Waals surface area (Å²) in [6, 6.07) is 32.4. The number of carboxylic acids is 1. The lowest BCUT2D eigenvalue weighted by Crippen LogP contribution is -2.59. The fourth-order valence-electron chi connectivity index (χ4n) is 5.53. The van der Waals surface area contributed by atoms with Crippen molar-refractivity contribution >= 4 is 17.9 Å². The van der Waals surface area contributed by atoms with Gasteiger partial charge in [0.1, 0.15) is 11.7 Å². The average molecular weight is 525 g/mol. The van der Waals surface area contributed by atoms with Crippen LogP contribution >= 0.6 is 0 Å². The number of carbonyl (C=O) groups excluding carboxylic acids is 1. The van der Waals surface area contributed by atoms with E-state index in [-0.39, 0.29) is 6.42 Å². The molecule has 1 aliphatic rings. The van der Waals surface area contributed by atoms with Crippen molar-refractivity contribution in [3.8, 4) is 6.07 Å². The quantitative estimate of drug-likeness (QED) is 0.194. The van der Waals surface area contributed by atoms with E-state index in [0.717, 1.165) is 42.7 Å². The van der Waals surface area contributed by atoms with Crippen molar-refractivity contribution < 1.29 is 14.7 Å². The first kappa shape index (κ1) is 28.0. The standard InChI is InChI=1S/C32H36N4O3/c33-24-32(27-10-4-1-5-11-27,28-12-6-2-7-13-28)19-23-35-21-17-31(25-37,18-22-35)36(26-34-20-16-30(38)39)29-14-8-3-9-15-29/h1-15,25,34H,16-23,26H2,(H,38,39). The van der Waals surface area contributed by atoms with E-state index < -0.39 is 16.9 Å². The summed E-state index contributed by atoms with van der Waals surface area (Å²) >= 11 is 0. The number of para-hydroxylation sites is 1. The molecule has 0 radical (unpaired) electrons. The van der Waals surface area contributed by atoms with Crippen molar-refractivity contribution in [2.24, 2.45) is 0 Å². The topological polar surface area (TPSA) is 96.7 Å². The number of rotatable bonds is 13. The molecule has 7 nitrogen and oxygen atoms in total. The van der Waals surface area contributed by atoms with E-state index in [9.17, 15) is 14.9 Å². The smallest absolute Gasteiger partial charge is 0.304 e. The highest BCUT2D eigenvalue weighted by Crippen LogP contribution is 2.37. The molecule has 0 atom stereocenters. The molecule has 0 aliphatic carbocycles. The monoisotopic (exact) mass is 524 g/mol. The Morgan fingerprint density at radius 3 is 2.00 bits per heavy atom. The fraction of sp³-hybridized carbons (Fsp3) is 0.344. The number of anilines is 1. The summed E-state index contributed by atoms with van der Waals surface area (Å²) in [6.45, 7) is 2.89. The van der Waals surface area contributed by atoms with E-state index in [1.807, 2.05) is 91.0 Å². The number of piperidine rings is 1. The number of aldehydes is 1. The molecule has 1 heterocycles. The van der Waals surface area contributed by atoms with Gasteiger partial charge in [0.25, 0.3) is 0 Å². The van der Waals surface area contributed by atoms with Crippen LogP contribution in [0, 0.1) is 11.3 Å². The van der Waals surface area contributed by atoms with Crippen LogP contribution < -0.4 is 10.2 Å². The first-order valence-electron chi connectivity index (χ1n) is 13.5. The highest BCUT2D eigenvalue weighted by atomic mass is 16.4. The predicted molar refractivity (Wildman–Crippen MR) is 152 cm³/mol. The lowest BCUT2D eigenvalue weighted by Gasteiger charge is -2.47. The number of likely N-dealkylation sites (tertiary alicyclic amines) is 1. The number of benzene rings is 3. The number of hydrogen-bond acceptors (Lipinski definition) is 6. The van der Waals surface area contributed by atoms with Gasteiger partial charge in [-0.15, -0.1) is 0 Å². The molecule has 3 aromatic rings. The van der Waals surface area contributed by atoms with Gasteiger partial charge in [-0.3, -0.25) is 10.1 Å². The van der Waals surface area contributed by atoms with E-state index in [2.05, 4.69) is 21.2 Å². The Bertz CT molecular complexity index is 1200. The van der Waals surface area contributed by atoms with Crippen LogP contribution in [0.4, 0.5) is 5.69 Å². The minimum atomic E-state index is -0.855. The molecule has 1 aliphatic heterocycles. The van der Waals surface area contributed by atoms with Crippen LogP contribution in [0.1, 0.15) is 36.8 Å². The lowest BCUT2D eigenvalue weighted by atomic mass is 9.73. The zero-order valence-electron chi connectivity index (χ0n) is 22.2.